The molecule has 4 aliphatic rings. The van der Waals surface area contributed by atoms with Crippen LogP contribution in [0.2, 0.25) is 0 Å². The summed E-state index contributed by atoms with van der Waals surface area (Å²) in [5, 5.41) is 9.43. The summed E-state index contributed by atoms with van der Waals surface area (Å²) in [5.74, 6) is 0. The number of hydrogen-bond acceptors (Lipinski definition) is 1. The average molecular weight is 1430 g/mol. The van der Waals surface area contributed by atoms with Crippen molar-refractivity contribution in [3.63, 3.8) is 0 Å². The van der Waals surface area contributed by atoms with Gasteiger partial charge in [0.25, 0.3) is 22.6 Å². The standard InChI is InChI=1S/3C25H27N2.C23H25N2S/c1-14-15(2)17(4)26-18(5)23-21-12-19-10-8-9-11-20(19)13-22(21)25(6,7)27(23)24(26)16(14)3;1-14-15(2)17(4)26-18(5)23-22-20-11-9-8-10-19(20)12-13-21(22)25(6,7)27(23)24(26)16(14)3;1-14-15(2)17(4)26-18(5)23-21-13-12-19-10-8-9-11-20(19)22(21)25(6,7)27(23)24(26)16(14)3;1-12-13(2)15(4)24-16(5)20-21-19(17-10-8-9-11-18(17)26-21)23(6,7)25(20)22(24)14(12)3/h3*8-13H,1-7H3;8-11H,1-7H3/q4*+1. The molecule has 0 aliphatic carbocycles. The molecule has 0 atom stereocenters. The molecule has 0 fully saturated rings. The predicted octanol–water partition coefficient (Wildman–Crippen LogP) is 22.8. The van der Waals surface area contributed by atoms with E-state index in [1.807, 2.05) is 11.3 Å². The maximum absolute atomic E-state index is 2.60. The van der Waals surface area contributed by atoms with E-state index in [2.05, 4.69) is 363 Å². The van der Waals surface area contributed by atoms with Crippen LogP contribution in [0, 0.1) is 138 Å². The van der Waals surface area contributed by atoms with Crippen LogP contribution in [0.1, 0.15) is 190 Å². The largest absolute Gasteiger partial charge is 0.291 e. The quantitative estimate of drug-likeness (QED) is 0.136. The number of hydrogen-bond donors (Lipinski definition) is 0. The molecule has 0 spiro atoms. The van der Waals surface area contributed by atoms with Gasteiger partial charge in [-0.3, -0.25) is 0 Å². The normalized spacial score (nSPS) is 14.8. The summed E-state index contributed by atoms with van der Waals surface area (Å²) in [6.07, 6.45) is 0. The molecule has 107 heavy (non-hydrogen) atoms. The highest BCUT2D eigenvalue weighted by molar-refractivity contribution is 7.22. The lowest BCUT2D eigenvalue weighted by molar-refractivity contribution is -0.708. The Hall–Kier alpha value is -9.96. The van der Waals surface area contributed by atoms with Crippen LogP contribution < -0.4 is 18.3 Å². The van der Waals surface area contributed by atoms with Crippen molar-refractivity contribution in [3.8, 4) is 44.3 Å². The topological polar surface area (TPSA) is 33.2 Å². The molecule has 0 unspecified atom stereocenters. The third-order valence-corrected chi connectivity index (χ3v) is 28.9. The summed E-state index contributed by atoms with van der Waals surface area (Å²) < 4.78 is 21.7. The van der Waals surface area contributed by atoms with Crippen molar-refractivity contribution < 1.29 is 18.3 Å². The number of rotatable bonds is 0. The minimum Gasteiger partial charge on any atom is -0.213 e. The maximum atomic E-state index is 2.60. The molecule has 0 radical (unpaired) electrons. The van der Waals surface area contributed by atoms with Crippen LogP contribution in [0.25, 0.3) is 109 Å². The number of benzene rings is 7. The lowest BCUT2D eigenvalue weighted by Crippen LogP contribution is -2.50. The smallest absolute Gasteiger partial charge is 0.213 e. The van der Waals surface area contributed by atoms with E-state index in [-0.39, 0.29) is 22.2 Å². The van der Waals surface area contributed by atoms with E-state index in [0.29, 0.717) is 0 Å². The molecule has 0 saturated carbocycles. The Labute approximate surface area is 636 Å². The molecule has 9 heteroatoms. The molecule has 0 amide bonds. The molecular formula is C98H106N8S+4. The fourth-order valence-electron chi connectivity index (χ4n) is 20.8. The molecule has 16 aromatic rings. The van der Waals surface area contributed by atoms with E-state index < -0.39 is 0 Å². The summed E-state index contributed by atoms with van der Waals surface area (Å²) >= 11 is 1.95. The van der Waals surface area contributed by atoms with Gasteiger partial charge in [0.1, 0.15) is 44.9 Å². The molecule has 4 aliphatic heterocycles. The monoisotopic (exact) mass is 1430 g/mol. The molecule has 0 saturated heterocycles. The van der Waals surface area contributed by atoms with E-state index in [1.54, 1.807) is 0 Å². The fourth-order valence-corrected chi connectivity index (χ4v) is 22.3. The van der Waals surface area contributed by atoms with Gasteiger partial charge in [0.2, 0.25) is 0 Å². The van der Waals surface area contributed by atoms with Crippen LogP contribution in [-0.2, 0) is 22.2 Å². The van der Waals surface area contributed by atoms with Crippen molar-refractivity contribution in [2.75, 3.05) is 0 Å². The molecule has 7 aromatic carbocycles. The number of thiophene rings is 1. The second-order valence-electron chi connectivity index (χ2n) is 34.3. The fraction of sp³-hybridized carbons (Fsp3) is 0.327. The summed E-state index contributed by atoms with van der Waals surface area (Å²) in [5.41, 5.74) is 48.2. The first-order chi connectivity index (χ1) is 50.5. The number of aryl methyl sites for hydroxylation is 12. The highest BCUT2D eigenvalue weighted by atomic mass is 32.1. The molecule has 13 heterocycles. The Morgan fingerprint density at radius 2 is 0.607 bits per heavy atom. The lowest BCUT2D eigenvalue weighted by atomic mass is 9.88. The summed E-state index contributed by atoms with van der Waals surface area (Å²) in [4.78, 5) is 1.45. The first kappa shape index (κ1) is 70.0. The number of fused-ring (bicyclic) bond motifs is 27. The second kappa shape index (κ2) is 23.3. The van der Waals surface area contributed by atoms with Crippen molar-refractivity contribution in [1.29, 1.82) is 0 Å². The average Bonchev–Trinajstić information content (AvgIpc) is 1.56. The Morgan fingerprint density at radius 1 is 0.262 bits per heavy atom. The van der Waals surface area contributed by atoms with Gasteiger partial charge in [-0.1, -0.05) is 109 Å². The van der Waals surface area contributed by atoms with Gasteiger partial charge in [0, 0.05) is 99.0 Å². The summed E-state index contributed by atoms with van der Waals surface area (Å²) in [6, 6.07) is 49.2. The van der Waals surface area contributed by atoms with Gasteiger partial charge in [-0.25, -0.2) is 18.3 Å². The number of aromatic nitrogens is 8. The molecule has 20 rings (SSSR count). The minimum absolute atomic E-state index is 0.0529. The van der Waals surface area contributed by atoms with Crippen LogP contribution in [0.3, 0.4) is 0 Å². The zero-order chi connectivity index (χ0) is 76.3. The van der Waals surface area contributed by atoms with Crippen molar-refractivity contribution in [2.24, 2.45) is 0 Å². The molecular weight excluding hydrogens is 1320 g/mol. The van der Waals surface area contributed by atoms with Gasteiger partial charge in [-0.2, -0.15) is 17.6 Å². The molecule has 540 valence electrons. The Balaban J connectivity index is 0.000000105. The third kappa shape index (κ3) is 8.95. The number of imidazole rings is 4. The highest BCUT2D eigenvalue weighted by Crippen LogP contribution is 2.52. The third-order valence-electron chi connectivity index (χ3n) is 27.7. The minimum atomic E-state index is -0.0933. The van der Waals surface area contributed by atoms with Crippen LogP contribution >= 0.6 is 11.3 Å². The van der Waals surface area contributed by atoms with Crippen LogP contribution in [0.5, 0.6) is 0 Å². The van der Waals surface area contributed by atoms with Crippen molar-refractivity contribution in [2.45, 2.75) is 216 Å². The zero-order valence-electron chi connectivity index (χ0n) is 68.7. The van der Waals surface area contributed by atoms with Gasteiger partial charge in [-0.05, 0) is 267 Å². The second-order valence-corrected chi connectivity index (χ2v) is 35.3. The highest BCUT2D eigenvalue weighted by Gasteiger charge is 2.52. The Bertz CT molecular complexity index is 6670. The summed E-state index contributed by atoms with van der Waals surface area (Å²) in [7, 11) is 0. The lowest BCUT2D eigenvalue weighted by Gasteiger charge is -2.21. The molecule has 0 N–H and O–H groups in total. The SMILES string of the molecule is Cc1c(C)c(C)n2c(C)c3[n+](c2c1C)C(C)(C)c1c-3ccc2ccccc12.Cc1c(C)c(C)n2c(C)c3[n+](c2c1C)C(C)(C)c1c-3sc2ccccc12.Cc1c(C)c(C)n2c(C)c3[n+](c2c1C)C(C)(C)c1cc2ccccc2cc1-3.Cc1c(C)c(C)n2c(C)c3[n+](c2c1C)C(C)(C)c1ccc2ccccc2c1-3. The van der Waals surface area contributed by atoms with Crippen molar-refractivity contribution >= 4 is 76.3 Å². The molecule has 9 aromatic heterocycles. The first-order valence-electron chi connectivity index (χ1n) is 38.8. The summed E-state index contributed by atoms with van der Waals surface area (Å²) in [6.45, 7) is 64.3. The number of nitrogens with zero attached hydrogens (tertiary/aromatic N) is 8. The van der Waals surface area contributed by atoms with Crippen LogP contribution in [0.15, 0.2) is 133 Å². The van der Waals surface area contributed by atoms with E-state index in [0.717, 1.165) is 0 Å². The zero-order valence-corrected chi connectivity index (χ0v) is 69.5. The van der Waals surface area contributed by atoms with E-state index >= 15 is 0 Å². The van der Waals surface area contributed by atoms with Crippen molar-refractivity contribution in [1.82, 2.24) is 17.6 Å². The number of pyridine rings is 4. The van der Waals surface area contributed by atoms with Gasteiger partial charge in [0.05, 0.1) is 4.88 Å². The van der Waals surface area contributed by atoms with E-state index in [9.17, 15) is 0 Å². The Kier molecular flexibility index (Phi) is 15.2. The van der Waals surface area contributed by atoms with E-state index in [4.69, 9.17) is 0 Å². The van der Waals surface area contributed by atoms with Gasteiger partial charge in [-0.15, -0.1) is 11.3 Å². The first-order valence-corrected chi connectivity index (χ1v) is 39.6. The Morgan fingerprint density at radius 3 is 1.10 bits per heavy atom. The predicted molar refractivity (Wildman–Crippen MR) is 448 cm³/mol. The van der Waals surface area contributed by atoms with Gasteiger partial charge in [0.15, 0.2) is 45.6 Å². The maximum Gasteiger partial charge on any atom is 0.291 e. The molecule has 8 nitrogen and oxygen atoms in total. The van der Waals surface area contributed by atoms with Crippen LogP contribution in [0.4, 0.5) is 0 Å². The molecule has 0 bridgehead atoms. The van der Waals surface area contributed by atoms with Gasteiger partial charge >= 0.3 is 0 Å². The van der Waals surface area contributed by atoms with Crippen molar-refractivity contribution in [3.05, 3.63) is 268 Å². The van der Waals surface area contributed by atoms with E-state index in [1.165, 1.54) is 244 Å². The van der Waals surface area contributed by atoms with Gasteiger partial charge < -0.3 is 0 Å². The van der Waals surface area contributed by atoms with Crippen LogP contribution in [-0.4, -0.2) is 17.6 Å².